The molecule has 2 fully saturated rings. The van der Waals surface area contributed by atoms with Gasteiger partial charge < -0.3 is 25.2 Å². The number of carboxylic acid groups (broad SMARTS) is 2. The molecule has 1 heterocycles. The molecule has 47 heavy (non-hydrogen) atoms. The van der Waals surface area contributed by atoms with Gasteiger partial charge in [-0.2, -0.15) is 0 Å². The number of rotatable bonds is 24. The number of ether oxygens (including phenoxy) is 1. The number of aliphatic carboxylic acids is 2. The van der Waals surface area contributed by atoms with Gasteiger partial charge in [-0.05, 0) is 70.3 Å². The molecule has 2 aliphatic rings. The van der Waals surface area contributed by atoms with E-state index >= 15 is 0 Å². The van der Waals surface area contributed by atoms with Gasteiger partial charge in [0, 0.05) is 37.5 Å². The summed E-state index contributed by atoms with van der Waals surface area (Å²) >= 11 is 0. The third kappa shape index (κ3) is 22.3. The highest BCUT2D eigenvalue weighted by molar-refractivity contribution is 5.66. The molecule has 4 N–H and O–H groups in total. The monoisotopic (exact) mass is 656 g/mol. The van der Waals surface area contributed by atoms with Crippen LogP contribution in [0.4, 0.5) is 0 Å². The van der Waals surface area contributed by atoms with Crippen LogP contribution in [-0.4, -0.2) is 50.7 Å². The van der Waals surface area contributed by atoms with E-state index in [2.05, 4.69) is 62.5 Å². The summed E-state index contributed by atoms with van der Waals surface area (Å²) in [6.07, 6.45) is 39.3. The zero-order valence-electron chi connectivity index (χ0n) is 29.2. The van der Waals surface area contributed by atoms with Crippen LogP contribution >= 0.6 is 0 Å². The Morgan fingerprint density at radius 1 is 0.766 bits per heavy atom. The van der Waals surface area contributed by atoms with E-state index in [1.165, 1.54) is 25.7 Å². The third-order valence-corrected chi connectivity index (χ3v) is 8.47. The molecule has 266 valence electrons. The van der Waals surface area contributed by atoms with Crippen LogP contribution in [0, 0.1) is 11.8 Å². The van der Waals surface area contributed by atoms with E-state index in [-0.39, 0.29) is 30.8 Å². The van der Waals surface area contributed by atoms with E-state index in [1.807, 2.05) is 18.2 Å². The van der Waals surface area contributed by atoms with Crippen molar-refractivity contribution in [3.05, 3.63) is 72.6 Å². The van der Waals surface area contributed by atoms with Crippen LogP contribution in [0.1, 0.15) is 136 Å². The van der Waals surface area contributed by atoms with Crippen molar-refractivity contribution in [2.75, 3.05) is 0 Å². The first-order valence-corrected chi connectivity index (χ1v) is 18.2. The number of unbranched alkanes of at least 4 members (excludes halogenated alkanes) is 7. The molecule has 1 saturated heterocycles. The molecular formula is C40H64O7. The lowest BCUT2D eigenvalue weighted by molar-refractivity contribution is -0.138. The Hall–Kier alpha value is -2.90. The van der Waals surface area contributed by atoms with Gasteiger partial charge in [-0.3, -0.25) is 9.59 Å². The molecule has 0 aromatic rings. The number of aliphatic hydroxyl groups is 2. The predicted octanol–water partition coefficient (Wildman–Crippen LogP) is 9.63. The Morgan fingerprint density at radius 3 is 1.87 bits per heavy atom. The van der Waals surface area contributed by atoms with Crippen LogP contribution < -0.4 is 0 Å². The largest absolute Gasteiger partial charge is 0.495 e. The number of hydrogen-bond acceptors (Lipinski definition) is 5. The molecule has 0 radical (unpaired) electrons. The Kier molecular flexibility index (Phi) is 25.2. The SMILES string of the molecule is CCCCC/C=C\C/C=C\C/C=C\C/C=C\CCCC(=O)O.CCCCC[C@H](O)/C=C/[C@@H]1[C@H]2C/C(=C/CCCC(=O)O)O[C@H]2C[C@H]1O. The summed E-state index contributed by atoms with van der Waals surface area (Å²) in [6, 6.07) is 0. The molecule has 7 nitrogen and oxygen atoms in total. The quantitative estimate of drug-likeness (QED) is 0.0602. The summed E-state index contributed by atoms with van der Waals surface area (Å²) in [7, 11) is 0. The second kappa shape index (κ2) is 28.1. The lowest BCUT2D eigenvalue weighted by atomic mass is 9.90. The molecule has 1 saturated carbocycles. The first-order chi connectivity index (χ1) is 22.8. The van der Waals surface area contributed by atoms with Crippen LogP contribution in [0.5, 0.6) is 0 Å². The zero-order valence-corrected chi connectivity index (χ0v) is 29.2. The normalized spacial score (nSPS) is 22.5. The molecule has 0 bridgehead atoms. The van der Waals surface area contributed by atoms with Gasteiger partial charge in [0.2, 0.25) is 0 Å². The van der Waals surface area contributed by atoms with Crippen molar-refractivity contribution in [1.82, 2.24) is 0 Å². The van der Waals surface area contributed by atoms with Gasteiger partial charge in [-0.15, -0.1) is 0 Å². The smallest absolute Gasteiger partial charge is 0.303 e. The van der Waals surface area contributed by atoms with Gasteiger partial charge in [0.1, 0.15) is 6.10 Å². The third-order valence-electron chi connectivity index (χ3n) is 8.47. The molecule has 0 aromatic heterocycles. The standard InChI is InChI=1S/C20H32O5.C20H32O2/c1-2-3-4-7-14(21)10-11-16-17-12-15(8-5-6-9-20(23)24)25-19(17)13-18(16)22;1-2-3-4-5-6-7-8-9-10-11-12-13-14-15-16-17-18-19-20(21)22/h8,10-11,14,16-19,21-22H,2-7,9,12-13H2,1H3,(H,23,24);6-7,9-10,12-13,15-16H,2-5,8,11,14,17-19H2,1H3,(H,21,22)/b11-10+,15-8-;7-6-,10-9-,13-12-,16-15-/t14-,16+,17+,18+,19-;/m0./s1. The van der Waals surface area contributed by atoms with E-state index in [0.29, 0.717) is 19.3 Å². The van der Waals surface area contributed by atoms with Crippen LogP contribution in [-0.2, 0) is 14.3 Å². The van der Waals surface area contributed by atoms with Crippen LogP contribution in [0.3, 0.4) is 0 Å². The summed E-state index contributed by atoms with van der Waals surface area (Å²) < 4.78 is 5.94. The van der Waals surface area contributed by atoms with Gasteiger partial charge in [0.15, 0.2) is 0 Å². The van der Waals surface area contributed by atoms with E-state index < -0.39 is 24.1 Å². The van der Waals surface area contributed by atoms with Gasteiger partial charge in [-0.25, -0.2) is 0 Å². The zero-order chi connectivity index (χ0) is 34.5. The predicted molar refractivity (Wildman–Crippen MR) is 192 cm³/mol. The van der Waals surface area contributed by atoms with Crippen molar-refractivity contribution in [3.8, 4) is 0 Å². The van der Waals surface area contributed by atoms with Gasteiger partial charge >= 0.3 is 11.9 Å². The lowest BCUT2D eigenvalue weighted by Gasteiger charge is -2.16. The Balaban J connectivity index is 0.000000475. The number of fused-ring (bicyclic) bond motifs is 1. The maximum Gasteiger partial charge on any atom is 0.303 e. The molecule has 0 unspecified atom stereocenters. The Morgan fingerprint density at radius 2 is 1.30 bits per heavy atom. The number of aliphatic hydroxyl groups excluding tert-OH is 2. The Labute approximate surface area is 284 Å². The molecule has 0 spiro atoms. The van der Waals surface area contributed by atoms with Crippen LogP contribution in [0.25, 0.3) is 0 Å². The highest BCUT2D eigenvalue weighted by Gasteiger charge is 2.46. The number of allylic oxidation sites excluding steroid dienone is 10. The van der Waals surface area contributed by atoms with Crippen LogP contribution in [0.15, 0.2) is 72.6 Å². The summed E-state index contributed by atoms with van der Waals surface area (Å²) in [6.45, 7) is 4.37. The summed E-state index contributed by atoms with van der Waals surface area (Å²) in [5.41, 5.74) is 0. The molecular weight excluding hydrogens is 592 g/mol. The molecule has 1 aliphatic carbocycles. The molecule has 0 amide bonds. The fraction of sp³-hybridized carbons (Fsp3) is 0.650. The topological polar surface area (TPSA) is 124 Å². The van der Waals surface area contributed by atoms with Crippen molar-refractivity contribution in [3.63, 3.8) is 0 Å². The van der Waals surface area contributed by atoms with Crippen LogP contribution in [0.2, 0.25) is 0 Å². The number of hydrogen-bond donors (Lipinski definition) is 4. The fourth-order valence-corrected chi connectivity index (χ4v) is 5.79. The van der Waals surface area contributed by atoms with E-state index in [4.69, 9.17) is 14.9 Å². The molecule has 1 aliphatic heterocycles. The first-order valence-electron chi connectivity index (χ1n) is 18.2. The summed E-state index contributed by atoms with van der Waals surface area (Å²) in [5, 5.41) is 37.5. The van der Waals surface area contributed by atoms with Crippen molar-refractivity contribution in [1.29, 1.82) is 0 Å². The summed E-state index contributed by atoms with van der Waals surface area (Å²) in [4.78, 5) is 20.8. The average molecular weight is 657 g/mol. The van der Waals surface area contributed by atoms with Gasteiger partial charge in [0.05, 0.1) is 18.0 Å². The maximum atomic E-state index is 10.5. The van der Waals surface area contributed by atoms with E-state index in [0.717, 1.165) is 70.0 Å². The molecule has 2 rings (SSSR count). The van der Waals surface area contributed by atoms with E-state index in [9.17, 15) is 19.8 Å². The average Bonchev–Trinajstić information content (AvgIpc) is 3.55. The molecule has 0 aromatic carbocycles. The minimum atomic E-state index is -0.770. The van der Waals surface area contributed by atoms with Crippen molar-refractivity contribution >= 4 is 11.9 Å². The Bertz CT molecular complexity index is 1010. The second-order valence-electron chi connectivity index (χ2n) is 12.7. The molecule has 5 atom stereocenters. The highest BCUT2D eigenvalue weighted by Crippen LogP contribution is 2.45. The minimum Gasteiger partial charge on any atom is -0.495 e. The van der Waals surface area contributed by atoms with Crippen molar-refractivity contribution in [2.24, 2.45) is 11.8 Å². The lowest BCUT2D eigenvalue weighted by Crippen LogP contribution is -2.18. The maximum absolute atomic E-state index is 10.5. The van der Waals surface area contributed by atoms with Crippen molar-refractivity contribution in [2.45, 2.75) is 154 Å². The highest BCUT2D eigenvalue weighted by atomic mass is 16.5. The van der Waals surface area contributed by atoms with E-state index in [1.54, 1.807) is 0 Å². The minimum absolute atomic E-state index is 0.0238. The van der Waals surface area contributed by atoms with Gasteiger partial charge in [0.25, 0.3) is 0 Å². The summed E-state index contributed by atoms with van der Waals surface area (Å²) in [5.74, 6) is -0.283. The second-order valence-corrected chi connectivity index (χ2v) is 12.7. The fourth-order valence-electron chi connectivity index (χ4n) is 5.79. The molecule has 7 heteroatoms. The number of carbonyl (C=O) groups is 2. The van der Waals surface area contributed by atoms with Gasteiger partial charge in [-0.1, -0.05) is 107 Å². The number of carboxylic acids is 2. The first kappa shape index (κ1) is 42.1. The van der Waals surface area contributed by atoms with Crippen molar-refractivity contribution < 1.29 is 34.8 Å².